The first-order chi connectivity index (χ1) is 10.1. The van der Waals surface area contributed by atoms with E-state index in [1.807, 2.05) is 0 Å². The van der Waals surface area contributed by atoms with Crippen LogP contribution in [0.25, 0.3) is 11.6 Å². The zero-order chi connectivity index (χ0) is 14.8. The van der Waals surface area contributed by atoms with Gasteiger partial charge in [0.05, 0.1) is 0 Å². The molecule has 0 amide bonds. The summed E-state index contributed by atoms with van der Waals surface area (Å²) in [6, 6.07) is 6.17. The Kier molecular flexibility index (Phi) is 3.31. The van der Waals surface area contributed by atoms with Crippen molar-refractivity contribution < 1.29 is 18.4 Å². The molecule has 0 aliphatic carbocycles. The average molecular weight is 289 g/mol. The lowest BCUT2D eigenvalue weighted by Crippen LogP contribution is -1.93. The number of aromatic hydroxyl groups is 1. The van der Waals surface area contributed by atoms with Gasteiger partial charge < -0.3 is 9.63 Å². The minimum Gasteiger partial charge on any atom is -0.505 e. The molecule has 0 radical (unpaired) electrons. The number of benzene rings is 1. The SMILES string of the molecule is Oc1cccnc1-c1nc(Cc2cc(F)cc(F)c2)no1. The molecule has 0 aliphatic heterocycles. The second-order valence-electron chi connectivity index (χ2n) is 4.34. The van der Waals surface area contributed by atoms with E-state index in [0.29, 0.717) is 5.56 Å². The summed E-state index contributed by atoms with van der Waals surface area (Å²) < 4.78 is 31.2. The van der Waals surface area contributed by atoms with Gasteiger partial charge in [0.2, 0.25) is 0 Å². The third-order valence-electron chi connectivity index (χ3n) is 2.74. The molecule has 106 valence electrons. The molecule has 3 rings (SSSR count). The lowest BCUT2D eigenvalue weighted by Gasteiger charge is -1.98. The summed E-state index contributed by atoms with van der Waals surface area (Å²) in [5.74, 6) is -1.16. The van der Waals surface area contributed by atoms with Crippen LogP contribution in [-0.2, 0) is 6.42 Å². The third-order valence-corrected chi connectivity index (χ3v) is 2.74. The molecule has 0 fully saturated rings. The van der Waals surface area contributed by atoms with Crippen LogP contribution in [-0.4, -0.2) is 20.2 Å². The summed E-state index contributed by atoms with van der Waals surface area (Å²) >= 11 is 0. The maximum atomic E-state index is 13.1. The summed E-state index contributed by atoms with van der Waals surface area (Å²) in [6.45, 7) is 0. The molecule has 7 heteroatoms. The molecule has 2 heterocycles. The molecule has 0 aliphatic rings. The highest BCUT2D eigenvalue weighted by Crippen LogP contribution is 2.24. The first-order valence-corrected chi connectivity index (χ1v) is 6.04. The largest absolute Gasteiger partial charge is 0.505 e. The van der Waals surface area contributed by atoms with E-state index in [-0.39, 0.29) is 29.6 Å². The molecule has 0 bridgehead atoms. The molecule has 21 heavy (non-hydrogen) atoms. The van der Waals surface area contributed by atoms with Crippen molar-refractivity contribution in [1.82, 2.24) is 15.1 Å². The number of halogens is 2. The number of rotatable bonds is 3. The van der Waals surface area contributed by atoms with Crippen molar-refractivity contribution in [3.8, 4) is 17.3 Å². The van der Waals surface area contributed by atoms with Crippen molar-refractivity contribution in [3.05, 3.63) is 59.6 Å². The Hall–Kier alpha value is -2.83. The van der Waals surface area contributed by atoms with E-state index in [9.17, 15) is 13.9 Å². The van der Waals surface area contributed by atoms with Crippen LogP contribution in [0.2, 0.25) is 0 Å². The van der Waals surface area contributed by atoms with E-state index in [1.165, 1.54) is 24.4 Å². The first-order valence-electron chi connectivity index (χ1n) is 6.04. The Balaban J connectivity index is 1.87. The minimum atomic E-state index is -0.670. The highest BCUT2D eigenvalue weighted by atomic mass is 19.1. The van der Waals surface area contributed by atoms with Gasteiger partial charge in [-0.15, -0.1) is 0 Å². The summed E-state index contributed by atoms with van der Waals surface area (Å²) in [7, 11) is 0. The van der Waals surface area contributed by atoms with Gasteiger partial charge in [-0.25, -0.2) is 13.8 Å². The maximum absolute atomic E-state index is 13.1. The molecule has 3 aromatic rings. The predicted molar refractivity (Wildman–Crippen MR) is 68.4 cm³/mol. The van der Waals surface area contributed by atoms with Crippen molar-refractivity contribution in [3.63, 3.8) is 0 Å². The zero-order valence-electron chi connectivity index (χ0n) is 10.6. The Morgan fingerprint density at radius 1 is 1.14 bits per heavy atom. The Labute approximate surface area is 117 Å². The number of nitrogens with zero attached hydrogens (tertiary/aromatic N) is 3. The standard InChI is InChI=1S/C14H9F2N3O2/c15-9-4-8(5-10(16)7-9)6-12-18-14(21-19-12)13-11(20)2-1-3-17-13/h1-5,7,20H,6H2. The van der Waals surface area contributed by atoms with Gasteiger partial charge >= 0.3 is 0 Å². The van der Waals surface area contributed by atoms with Crippen LogP contribution in [0.4, 0.5) is 8.78 Å². The van der Waals surface area contributed by atoms with Crippen LogP contribution in [0.15, 0.2) is 41.1 Å². The molecule has 0 saturated carbocycles. The van der Waals surface area contributed by atoms with E-state index in [2.05, 4.69) is 15.1 Å². The van der Waals surface area contributed by atoms with Crippen LogP contribution >= 0.6 is 0 Å². The molecule has 2 aromatic heterocycles. The van der Waals surface area contributed by atoms with Gasteiger partial charge in [-0.3, -0.25) is 0 Å². The van der Waals surface area contributed by atoms with Crippen LogP contribution in [0.3, 0.4) is 0 Å². The molecule has 1 N–H and O–H groups in total. The predicted octanol–water partition coefficient (Wildman–Crippen LogP) is 2.71. The molecule has 0 spiro atoms. The van der Waals surface area contributed by atoms with Crippen molar-refractivity contribution >= 4 is 0 Å². The van der Waals surface area contributed by atoms with Gasteiger partial charge in [0.1, 0.15) is 17.4 Å². The third kappa shape index (κ3) is 2.86. The summed E-state index contributed by atoms with van der Waals surface area (Å²) in [5, 5.41) is 13.4. The fraction of sp³-hybridized carbons (Fsp3) is 0.0714. The molecule has 5 nitrogen and oxygen atoms in total. The lowest BCUT2D eigenvalue weighted by atomic mass is 10.1. The molecular weight excluding hydrogens is 280 g/mol. The van der Waals surface area contributed by atoms with Gasteiger partial charge in [-0.2, -0.15) is 4.98 Å². The van der Waals surface area contributed by atoms with Gasteiger partial charge in [-0.1, -0.05) is 5.16 Å². The second-order valence-corrected chi connectivity index (χ2v) is 4.34. The Bertz CT molecular complexity index is 769. The number of hydrogen-bond acceptors (Lipinski definition) is 5. The molecule has 0 saturated heterocycles. The number of aromatic nitrogens is 3. The van der Waals surface area contributed by atoms with E-state index < -0.39 is 11.6 Å². The van der Waals surface area contributed by atoms with Gasteiger partial charge in [0.25, 0.3) is 5.89 Å². The molecular formula is C14H9F2N3O2. The average Bonchev–Trinajstić information content (AvgIpc) is 2.86. The van der Waals surface area contributed by atoms with E-state index >= 15 is 0 Å². The Morgan fingerprint density at radius 2 is 1.90 bits per heavy atom. The van der Waals surface area contributed by atoms with Gasteiger partial charge in [0, 0.05) is 18.7 Å². The summed E-state index contributed by atoms with van der Waals surface area (Å²) in [4.78, 5) is 7.98. The number of pyridine rings is 1. The zero-order valence-corrected chi connectivity index (χ0v) is 10.6. The normalized spacial score (nSPS) is 10.8. The topological polar surface area (TPSA) is 72.0 Å². The van der Waals surface area contributed by atoms with Crippen LogP contribution < -0.4 is 0 Å². The van der Waals surface area contributed by atoms with Crippen molar-refractivity contribution in [2.45, 2.75) is 6.42 Å². The quantitative estimate of drug-likeness (QED) is 0.802. The van der Waals surface area contributed by atoms with Crippen molar-refractivity contribution in [1.29, 1.82) is 0 Å². The molecule has 1 aromatic carbocycles. The fourth-order valence-electron chi connectivity index (χ4n) is 1.88. The minimum absolute atomic E-state index is 0.0416. The van der Waals surface area contributed by atoms with Crippen molar-refractivity contribution in [2.75, 3.05) is 0 Å². The Morgan fingerprint density at radius 3 is 2.62 bits per heavy atom. The van der Waals surface area contributed by atoms with Crippen molar-refractivity contribution in [2.24, 2.45) is 0 Å². The highest BCUT2D eigenvalue weighted by molar-refractivity contribution is 5.55. The lowest BCUT2D eigenvalue weighted by molar-refractivity contribution is 0.416. The highest BCUT2D eigenvalue weighted by Gasteiger charge is 2.14. The summed E-state index contributed by atoms with van der Waals surface area (Å²) in [6.07, 6.45) is 1.58. The molecule has 0 atom stereocenters. The smallest absolute Gasteiger partial charge is 0.280 e. The van der Waals surface area contributed by atoms with Crippen LogP contribution in [0.5, 0.6) is 5.75 Å². The summed E-state index contributed by atoms with van der Waals surface area (Å²) in [5.41, 5.74) is 0.534. The maximum Gasteiger partial charge on any atom is 0.280 e. The fourth-order valence-corrected chi connectivity index (χ4v) is 1.88. The van der Waals surface area contributed by atoms with Crippen LogP contribution in [0, 0.1) is 11.6 Å². The van der Waals surface area contributed by atoms with E-state index in [4.69, 9.17) is 4.52 Å². The monoisotopic (exact) mass is 289 g/mol. The molecule has 0 unspecified atom stereocenters. The second kappa shape index (κ2) is 5.28. The van der Waals surface area contributed by atoms with E-state index in [1.54, 1.807) is 6.07 Å². The van der Waals surface area contributed by atoms with E-state index in [0.717, 1.165) is 6.07 Å². The number of hydrogen-bond donors (Lipinski definition) is 1. The first kappa shape index (κ1) is 13.2. The van der Waals surface area contributed by atoms with Gasteiger partial charge in [0.15, 0.2) is 11.5 Å². The van der Waals surface area contributed by atoms with Gasteiger partial charge in [-0.05, 0) is 29.8 Å². The van der Waals surface area contributed by atoms with Crippen LogP contribution in [0.1, 0.15) is 11.4 Å².